The Bertz CT molecular complexity index is 1420. The predicted octanol–water partition coefficient (Wildman–Crippen LogP) is 6.73. The summed E-state index contributed by atoms with van der Waals surface area (Å²) >= 11 is 0. The maximum atomic E-state index is 6.27. The van der Waals surface area contributed by atoms with Gasteiger partial charge in [-0.1, -0.05) is 36.4 Å². The number of benzene rings is 4. The van der Waals surface area contributed by atoms with E-state index >= 15 is 0 Å². The lowest BCUT2D eigenvalue weighted by molar-refractivity contribution is 0.255. The molecule has 0 N–H and O–H groups in total. The Balaban J connectivity index is 1.31. The summed E-state index contributed by atoms with van der Waals surface area (Å²) in [6.45, 7) is 2.33. The van der Waals surface area contributed by atoms with Gasteiger partial charge in [-0.25, -0.2) is 0 Å². The molecule has 5 aromatic rings. The Kier molecular flexibility index (Phi) is 5.57. The third-order valence-electron chi connectivity index (χ3n) is 6.20. The monoisotopic (exact) mass is 496 g/mol. The van der Waals surface area contributed by atoms with E-state index in [1.807, 2.05) is 84.9 Å². The van der Waals surface area contributed by atoms with E-state index in [0.717, 1.165) is 10.8 Å². The number of para-hydroxylation sites is 2. The van der Waals surface area contributed by atoms with Crippen LogP contribution in [0.15, 0.2) is 89.3 Å². The summed E-state index contributed by atoms with van der Waals surface area (Å²) in [6, 6.07) is 26.8. The normalized spacial score (nSPS) is 18.1. The molecule has 37 heavy (non-hydrogen) atoms. The first-order valence-electron chi connectivity index (χ1n) is 12.3. The highest BCUT2D eigenvalue weighted by Crippen LogP contribution is 2.44. The van der Waals surface area contributed by atoms with Crippen LogP contribution in [0, 0.1) is 0 Å². The van der Waals surface area contributed by atoms with E-state index in [-0.39, 0.29) is 12.2 Å². The lowest BCUT2D eigenvalue weighted by atomic mass is 10.1. The molecule has 1 aromatic heterocycles. The molecule has 2 saturated heterocycles. The van der Waals surface area contributed by atoms with Crippen LogP contribution in [0.1, 0.15) is 0 Å². The molecule has 7 heteroatoms. The molecule has 186 valence electrons. The maximum absolute atomic E-state index is 6.27. The third kappa shape index (κ3) is 4.91. The molecule has 2 aliphatic heterocycles. The van der Waals surface area contributed by atoms with Crippen molar-refractivity contribution in [3.63, 3.8) is 0 Å². The van der Waals surface area contributed by atoms with Crippen molar-refractivity contribution in [3.05, 3.63) is 84.9 Å². The maximum Gasteiger partial charge on any atom is 0.173 e. The zero-order valence-corrected chi connectivity index (χ0v) is 19.9. The topological polar surface area (TPSA) is 75.1 Å². The van der Waals surface area contributed by atoms with Crippen LogP contribution in [0.2, 0.25) is 0 Å². The van der Waals surface area contributed by atoms with Gasteiger partial charge in [0.15, 0.2) is 23.0 Å². The van der Waals surface area contributed by atoms with Gasteiger partial charge in [0.05, 0.1) is 13.2 Å². The van der Waals surface area contributed by atoms with Gasteiger partial charge in [0.2, 0.25) is 0 Å². The van der Waals surface area contributed by atoms with Gasteiger partial charge in [0.1, 0.15) is 48.1 Å². The molecule has 2 unspecified atom stereocenters. The molecule has 0 bridgehead atoms. The van der Waals surface area contributed by atoms with Crippen LogP contribution in [0.4, 0.5) is 0 Å². The lowest BCUT2D eigenvalue weighted by Gasteiger charge is -2.13. The van der Waals surface area contributed by atoms with Gasteiger partial charge in [-0.2, -0.15) is 0 Å². The van der Waals surface area contributed by atoms with E-state index in [9.17, 15) is 0 Å². The number of epoxide rings is 2. The highest BCUT2D eigenvalue weighted by Gasteiger charge is 2.26. The summed E-state index contributed by atoms with van der Waals surface area (Å²) in [5.74, 6) is 3.80. The first kappa shape index (κ1) is 22.0. The molecule has 0 spiro atoms. The van der Waals surface area contributed by atoms with E-state index in [1.165, 1.54) is 0 Å². The van der Waals surface area contributed by atoms with E-state index in [2.05, 4.69) is 0 Å². The van der Waals surface area contributed by atoms with Gasteiger partial charge in [-0.05, 0) is 36.4 Å². The van der Waals surface area contributed by atoms with Gasteiger partial charge in [-0.3, -0.25) is 0 Å². The van der Waals surface area contributed by atoms with Gasteiger partial charge < -0.3 is 32.8 Å². The fourth-order valence-corrected chi connectivity index (χ4v) is 4.10. The van der Waals surface area contributed by atoms with E-state index in [0.29, 0.717) is 72.1 Å². The fourth-order valence-electron chi connectivity index (χ4n) is 4.10. The molecular formula is C30H24O7. The summed E-state index contributed by atoms with van der Waals surface area (Å²) in [7, 11) is 0. The van der Waals surface area contributed by atoms with Crippen molar-refractivity contribution in [1.82, 2.24) is 0 Å². The van der Waals surface area contributed by atoms with Crippen LogP contribution in [0.5, 0.6) is 34.5 Å². The molecule has 2 aliphatic rings. The van der Waals surface area contributed by atoms with Crippen molar-refractivity contribution in [2.75, 3.05) is 26.4 Å². The standard InChI is InChI=1S/C30H24O7/c1-3-7-19(8-4-1)35-29-13-25-23(11-27(29)33-17-21-15-31-21)24-12-28(34-18-22-16-32-22)30(14-26(24)37-25)36-20-9-5-2-6-10-20/h1-14,21-22H,15-18H2. The van der Waals surface area contributed by atoms with Crippen LogP contribution in [-0.2, 0) is 9.47 Å². The minimum atomic E-state index is 0.115. The molecule has 0 saturated carbocycles. The van der Waals surface area contributed by atoms with Crippen molar-refractivity contribution in [3.8, 4) is 34.5 Å². The average molecular weight is 497 g/mol. The number of hydrogen-bond acceptors (Lipinski definition) is 7. The molecule has 2 atom stereocenters. The number of furan rings is 1. The molecule has 2 fully saturated rings. The number of ether oxygens (including phenoxy) is 6. The first-order valence-corrected chi connectivity index (χ1v) is 12.3. The second kappa shape index (κ2) is 9.35. The van der Waals surface area contributed by atoms with Crippen molar-refractivity contribution in [1.29, 1.82) is 0 Å². The highest BCUT2D eigenvalue weighted by atomic mass is 16.6. The van der Waals surface area contributed by atoms with Crippen LogP contribution >= 0.6 is 0 Å². The van der Waals surface area contributed by atoms with Gasteiger partial charge in [0.25, 0.3) is 0 Å². The van der Waals surface area contributed by atoms with Crippen molar-refractivity contribution < 1.29 is 32.8 Å². The second-order valence-corrected chi connectivity index (χ2v) is 9.06. The van der Waals surface area contributed by atoms with Gasteiger partial charge >= 0.3 is 0 Å². The first-order chi connectivity index (χ1) is 18.3. The van der Waals surface area contributed by atoms with E-state index in [1.54, 1.807) is 0 Å². The molecule has 7 rings (SSSR count). The molecule has 4 aromatic carbocycles. The van der Waals surface area contributed by atoms with Crippen molar-refractivity contribution >= 4 is 21.9 Å². The molecule has 7 nitrogen and oxygen atoms in total. The third-order valence-corrected chi connectivity index (χ3v) is 6.20. The Morgan fingerprint density at radius 3 is 1.41 bits per heavy atom. The minimum absolute atomic E-state index is 0.115. The molecule has 0 aliphatic carbocycles. The Morgan fingerprint density at radius 2 is 1.00 bits per heavy atom. The average Bonchev–Trinajstić information content (AvgIpc) is 3.86. The van der Waals surface area contributed by atoms with Gasteiger partial charge in [-0.15, -0.1) is 0 Å². The highest BCUT2D eigenvalue weighted by molar-refractivity contribution is 6.07. The summed E-state index contributed by atoms with van der Waals surface area (Å²) < 4.78 is 41.5. The summed E-state index contributed by atoms with van der Waals surface area (Å²) in [5, 5.41) is 1.78. The second-order valence-electron chi connectivity index (χ2n) is 9.06. The minimum Gasteiger partial charge on any atom is -0.487 e. The molecule has 0 amide bonds. The number of rotatable bonds is 10. The Morgan fingerprint density at radius 1 is 0.568 bits per heavy atom. The summed E-state index contributed by atoms with van der Waals surface area (Å²) in [6.07, 6.45) is 0.229. The van der Waals surface area contributed by atoms with Crippen LogP contribution < -0.4 is 18.9 Å². The zero-order valence-electron chi connectivity index (χ0n) is 19.9. The van der Waals surface area contributed by atoms with Crippen LogP contribution in [0.25, 0.3) is 21.9 Å². The number of fused-ring (bicyclic) bond motifs is 3. The fraction of sp³-hybridized carbons (Fsp3) is 0.200. The molecule has 3 heterocycles. The predicted molar refractivity (Wildman–Crippen MR) is 137 cm³/mol. The SMILES string of the molecule is c1ccc(Oc2cc3oc4cc(Oc5ccccc5)c(OCC5CO5)cc4c3cc2OCC2CO2)cc1. The molecule has 0 radical (unpaired) electrons. The lowest BCUT2D eigenvalue weighted by Crippen LogP contribution is -2.05. The summed E-state index contributed by atoms with van der Waals surface area (Å²) in [5.41, 5.74) is 1.34. The smallest absolute Gasteiger partial charge is 0.173 e. The van der Waals surface area contributed by atoms with Crippen LogP contribution in [-0.4, -0.2) is 38.6 Å². The van der Waals surface area contributed by atoms with Crippen molar-refractivity contribution in [2.24, 2.45) is 0 Å². The summed E-state index contributed by atoms with van der Waals surface area (Å²) in [4.78, 5) is 0. The van der Waals surface area contributed by atoms with E-state index in [4.69, 9.17) is 32.8 Å². The Hall–Kier alpha value is -4.20. The number of hydrogen-bond donors (Lipinski definition) is 0. The molecular weight excluding hydrogens is 472 g/mol. The van der Waals surface area contributed by atoms with Crippen molar-refractivity contribution in [2.45, 2.75) is 12.2 Å². The van der Waals surface area contributed by atoms with Gasteiger partial charge in [0, 0.05) is 22.9 Å². The quantitative estimate of drug-likeness (QED) is 0.199. The largest absolute Gasteiger partial charge is 0.487 e. The Labute approximate surface area is 213 Å². The van der Waals surface area contributed by atoms with E-state index < -0.39 is 0 Å². The van der Waals surface area contributed by atoms with Crippen LogP contribution in [0.3, 0.4) is 0 Å². The zero-order chi connectivity index (χ0) is 24.6.